The molecule has 1 heterocycles. The number of methoxy groups -OCH3 is 1. The van der Waals surface area contributed by atoms with Gasteiger partial charge in [-0.25, -0.2) is 0 Å². The van der Waals surface area contributed by atoms with Crippen molar-refractivity contribution in [3.63, 3.8) is 0 Å². The van der Waals surface area contributed by atoms with Crippen LogP contribution in [-0.4, -0.2) is 13.1 Å². The maximum Gasteiger partial charge on any atom is 0.315 e. The molecular formula is C15H12O3. The van der Waals surface area contributed by atoms with Gasteiger partial charge in [0, 0.05) is 11.1 Å². The summed E-state index contributed by atoms with van der Waals surface area (Å²) in [6, 6.07) is 13.8. The van der Waals surface area contributed by atoms with E-state index in [1.807, 2.05) is 42.5 Å². The summed E-state index contributed by atoms with van der Waals surface area (Å²) in [6.07, 6.45) is 0.320. The van der Waals surface area contributed by atoms with Crippen molar-refractivity contribution in [1.82, 2.24) is 0 Å². The van der Waals surface area contributed by atoms with E-state index < -0.39 is 0 Å². The molecule has 0 N–H and O–H groups in total. The first-order chi connectivity index (χ1) is 8.79. The van der Waals surface area contributed by atoms with Crippen molar-refractivity contribution in [2.24, 2.45) is 0 Å². The average molecular weight is 240 g/mol. The minimum absolute atomic E-state index is 0.228. The molecule has 1 aliphatic heterocycles. The fourth-order valence-corrected chi connectivity index (χ4v) is 2.21. The zero-order valence-electron chi connectivity index (χ0n) is 9.97. The molecule has 0 amide bonds. The van der Waals surface area contributed by atoms with E-state index in [4.69, 9.17) is 9.47 Å². The van der Waals surface area contributed by atoms with Crippen LogP contribution in [0.25, 0.3) is 11.1 Å². The third kappa shape index (κ3) is 1.64. The number of carbonyl (C=O) groups is 1. The molecule has 3 heteroatoms. The minimum atomic E-state index is -0.228. The molecule has 0 unspecified atom stereocenters. The molecule has 0 fully saturated rings. The highest BCUT2D eigenvalue weighted by molar-refractivity contribution is 5.86. The molecule has 1 aliphatic rings. The number of hydrogen-bond acceptors (Lipinski definition) is 3. The van der Waals surface area contributed by atoms with Gasteiger partial charge in [-0.1, -0.05) is 42.5 Å². The number of esters is 1. The Morgan fingerprint density at radius 1 is 1.11 bits per heavy atom. The van der Waals surface area contributed by atoms with Gasteiger partial charge in [0.25, 0.3) is 0 Å². The highest BCUT2D eigenvalue weighted by Crippen LogP contribution is 2.43. The average Bonchev–Trinajstić information content (AvgIpc) is 2.78. The predicted octanol–water partition coefficient (Wildman–Crippen LogP) is 2.82. The fourth-order valence-electron chi connectivity index (χ4n) is 2.21. The van der Waals surface area contributed by atoms with Gasteiger partial charge in [-0.15, -0.1) is 0 Å². The summed E-state index contributed by atoms with van der Waals surface area (Å²) >= 11 is 0. The Labute approximate surface area is 105 Å². The van der Waals surface area contributed by atoms with Crippen molar-refractivity contribution in [3.8, 4) is 22.6 Å². The Morgan fingerprint density at radius 2 is 1.89 bits per heavy atom. The number of hydrogen-bond donors (Lipinski definition) is 0. The lowest BCUT2D eigenvalue weighted by Crippen LogP contribution is -2.01. The summed E-state index contributed by atoms with van der Waals surface area (Å²) in [7, 11) is 1.59. The van der Waals surface area contributed by atoms with Crippen LogP contribution in [0.5, 0.6) is 11.5 Å². The monoisotopic (exact) mass is 240 g/mol. The summed E-state index contributed by atoms with van der Waals surface area (Å²) in [4.78, 5) is 11.3. The van der Waals surface area contributed by atoms with Crippen LogP contribution in [0.2, 0.25) is 0 Å². The van der Waals surface area contributed by atoms with Gasteiger partial charge in [0.15, 0.2) is 11.5 Å². The first-order valence-electron chi connectivity index (χ1n) is 5.75. The predicted molar refractivity (Wildman–Crippen MR) is 67.8 cm³/mol. The molecule has 0 radical (unpaired) electrons. The first-order valence-corrected chi connectivity index (χ1v) is 5.75. The second kappa shape index (κ2) is 4.18. The van der Waals surface area contributed by atoms with E-state index in [2.05, 4.69) is 0 Å². The van der Waals surface area contributed by atoms with Crippen molar-refractivity contribution in [2.45, 2.75) is 6.42 Å². The lowest BCUT2D eigenvalue weighted by molar-refractivity contribution is -0.131. The molecule has 2 aromatic rings. The van der Waals surface area contributed by atoms with E-state index in [1.54, 1.807) is 7.11 Å². The van der Waals surface area contributed by atoms with Gasteiger partial charge in [0.05, 0.1) is 13.5 Å². The Bertz CT molecular complexity index is 603. The zero-order valence-corrected chi connectivity index (χ0v) is 9.97. The van der Waals surface area contributed by atoms with Crippen molar-refractivity contribution >= 4 is 5.97 Å². The standard InChI is InChI=1S/C15H12O3/c1-17-15-12(10-5-3-2-4-6-10)8-7-11-9-13(16)18-14(11)15/h2-8H,9H2,1H3. The molecule has 18 heavy (non-hydrogen) atoms. The van der Waals surface area contributed by atoms with Gasteiger partial charge in [-0.05, 0) is 5.56 Å². The molecule has 2 aromatic carbocycles. The summed E-state index contributed by atoms with van der Waals surface area (Å²) < 4.78 is 10.6. The summed E-state index contributed by atoms with van der Waals surface area (Å²) in [5, 5.41) is 0. The van der Waals surface area contributed by atoms with Crippen molar-refractivity contribution in [2.75, 3.05) is 7.11 Å². The SMILES string of the molecule is COc1c(-c2ccccc2)ccc2c1OC(=O)C2. The van der Waals surface area contributed by atoms with Crippen molar-refractivity contribution in [3.05, 3.63) is 48.0 Å². The summed E-state index contributed by atoms with van der Waals surface area (Å²) in [5.41, 5.74) is 2.86. The Kier molecular flexibility index (Phi) is 2.52. The van der Waals surface area contributed by atoms with Gasteiger partial charge < -0.3 is 9.47 Å². The summed E-state index contributed by atoms with van der Waals surface area (Å²) in [5.74, 6) is 0.960. The van der Waals surface area contributed by atoms with Crippen LogP contribution in [0.4, 0.5) is 0 Å². The number of carbonyl (C=O) groups excluding carboxylic acids is 1. The van der Waals surface area contributed by atoms with E-state index in [-0.39, 0.29) is 5.97 Å². The van der Waals surface area contributed by atoms with Crippen LogP contribution in [0, 0.1) is 0 Å². The maximum absolute atomic E-state index is 11.3. The van der Waals surface area contributed by atoms with Gasteiger partial charge in [-0.3, -0.25) is 4.79 Å². The van der Waals surface area contributed by atoms with Crippen LogP contribution < -0.4 is 9.47 Å². The first kappa shape index (κ1) is 10.8. The topological polar surface area (TPSA) is 35.5 Å². The molecule has 3 rings (SSSR count). The van der Waals surface area contributed by atoms with Crippen LogP contribution in [0.15, 0.2) is 42.5 Å². The second-order valence-corrected chi connectivity index (χ2v) is 4.15. The van der Waals surface area contributed by atoms with Crippen molar-refractivity contribution < 1.29 is 14.3 Å². The third-order valence-electron chi connectivity index (χ3n) is 3.03. The van der Waals surface area contributed by atoms with Gasteiger partial charge in [0.1, 0.15) is 0 Å². The Hall–Kier alpha value is -2.29. The van der Waals surface area contributed by atoms with Gasteiger partial charge in [0.2, 0.25) is 0 Å². The van der Waals surface area contributed by atoms with E-state index in [1.165, 1.54) is 0 Å². The van der Waals surface area contributed by atoms with Gasteiger partial charge >= 0.3 is 5.97 Å². The molecule has 0 atom stereocenters. The van der Waals surface area contributed by atoms with Crippen molar-refractivity contribution in [1.29, 1.82) is 0 Å². The Morgan fingerprint density at radius 3 is 2.61 bits per heavy atom. The lowest BCUT2D eigenvalue weighted by atomic mass is 10.0. The number of rotatable bonds is 2. The molecule has 90 valence electrons. The largest absolute Gasteiger partial charge is 0.492 e. The van der Waals surface area contributed by atoms with E-state index in [9.17, 15) is 4.79 Å². The molecule has 0 saturated heterocycles. The highest BCUT2D eigenvalue weighted by Gasteiger charge is 2.26. The molecule has 0 saturated carbocycles. The normalized spacial score (nSPS) is 13.1. The van der Waals surface area contributed by atoms with E-state index >= 15 is 0 Å². The minimum Gasteiger partial charge on any atom is -0.492 e. The maximum atomic E-state index is 11.3. The molecule has 0 bridgehead atoms. The summed E-state index contributed by atoms with van der Waals surface area (Å²) in [6.45, 7) is 0. The van der Waals surface area contributed by atoms with Crippen LogP contribution >= 0.6 is 0 Å². The number of fused-ring (bicyclic) bond motifs is 1. The lowest BCUT2D eigenvalue weighted by Gasteiger charge is -2.11. The molecule has 3 nitrogen and oxygen atoms in total. The van der Waals surface area contributed by atoms with Gasteiger partial charge in [-0.2, -0.15) is 0 Å². The molecule has 0 aliphatic carbocycles. The Balaban J connectivity index is 2.18. The quantitative estimate of drug-likeness (QED) is 0.598. The highest BCUT2D eigenvalue weighted by atomic mass is 16.6. The van der Waals surface area contributed by atoms with Crippen LogP contribution in [0.3, 0.4) is 0 Å². The van der Waals surface area contributed by atoms with Crippen LogP contribution in [-0.2, 0) is 11.2 Å². The molecule has 0 aromatic heterocycles. The zero-order chi connectivity index (χ0) is 12.5. The van der Waals surface area contributed by atoms with E-state index in [0.717, 1.165) is 16.7 Å². The third-order valence-corrected chi connectivity index (χ3v) is 3.03. The molecule has 0 spiro atoms. The molecular weight excluding hydrogens is 228 g/mol. The number of benzene rings is 2. The van der Waals surface area contributed by atoms with E-state index in [0.29, 0.717) is 17.9 Å². The fraction of sp³-hybridized carbons (Fsp3) is 0.133. The number of ether oxygens (including phenoxy) is 2. The second-order valence-electron chi connectivity index (χ2n) is 4.15. The van der Waals surface area contributed by atoms with Crippen LogP contribution in [0.1, 0.15) is 5.56 Å². The smallest absolute Gasteiger partial charge is 0.315 e.